The average Bonchev–Trinajstić information content (AvgIpc) is 2.59. The maximum atomic E-state index is 12.3. The van der Waals surface area contributed by atoms with Crippen molar-refractivity contribution in [1.29, 1.82) is 0 Å². The monoisotopic (exact) mass is 307 g/mol. The molecule has 5 heteroatoms. The number of piperazine rings is 1. The van der Waals surface area contributed by atoms with Crippen molar-refractivity contribution in [2.45, 2.75) is 26.4 Å². The molecule has 1 aliphatic rings. The number of hydrogen-bond donors (Lipinski definition) is 3. The van der Waals surface area contributed by atoms with Gasteiger partial charge in [-0.15, -0.1) is 0 Å². The van der Waals surface area contributed by atoms with Gasteiger partial charge in [0, 0.05) is 6.54 Å². The molecule has 122 valence electrons. The van der Waals surface area contributed by atoms with Crippen molar-refractivity contribution in [2.75, 3.05) is 39.8 Å². The van der Waals surface area contributed by atoms with E-state index < -0.39 is 0 Å². The molecule has 1 amide bonds. The Balaban J connectivity index is 1.78. The molecule has 0 radical (unpaired) electrons. The first-order chi connectivity index (χ1) is 10.6. The van der Waals surface area contributed by atoms with E-state index >= 15 is 0 Å². The van der Waals surface area contributed by atoms with Crippen molar-refractivity contribution in [3.8, 4) is 5.75 Å². The van der Waals surface area contributed by atoms with Crippen molar-refractivity contribution in [3.63, 3.8) is 0 Å². The van der Waals surface area contributed by atoms with E-state index in [1.54, 1.807) is 12.0 Å². The first-order valence-corrected chi connectivity index (χ1v) is 8.22. The topological polar surface area (TPSA) is 47.2 Å². The molecular weight excluding hydrogens is 278 g/mol. The number of nitrogens with one attached hydrogen (secondary N) is 3. The molecule has 1 heterocycles. The predicted molar refractivity (Wildman–Crippen MR) is 86.2 cm³/mol. The lowest BCUT2D eigenvalue weighted by atomic mass is 10.2. The molecule has 1 aromatic carbocycles. The quantitative estimate of drug-likeness (QED) is 0.599. The van der Waals surface area contributed by atoms with Gasteiger partial charge in [0.05, 0.1) is 13.7 Å². The van der Waals surface area contributed by atoms with Crippen LogP contribution in [0.25, 0.3) is 0 Å². The number of amides is 1. The van der Waals surface area contributed by atoms with E-state index in [0.717, 1.165) is 24.4 Å². The second-order valence-corrected chi connectivity index (χ2v) is 6.05. The molecule has 1 aliphatic heterocycles. The van der Waals surface area contributed by atoms with Crippen LogP contribution in [-0.4, -0.2) is 51.8 Å². The minimum absolute atomic E-state index is 0.0247. The fourth-order valence-corrected chi connectivity index (χ4v) is 2.98. The Labute approximate surface area is 133 Å². The molecule has 0 spiro atoms. The van der Waals surface area contributed by atoms with E-state index in [4.69, 9.17) is 4.74 Å². The highest BCUT2D eigenvalue weighted by molar-refractivity contribution is 5.79. The molecule has 22 heavy (non-hydrogen) atoms. The van der Waals surface area contributed by atoms with Gasteiger partial charge in [0.15, 0.2) is 6.04 Å². The Morgan fingerprint density at radius 3 is 2.41 bits per heavy atom. The summed E-state index contributed by atoms with van der Waals surface area (Å²) in [6.07, 6.45) is 0. The maximum Gasteiger partial charge on any atom is 0.278 e. The summed E-state index contributed by atoms with van der Waals surface area (Å²) in [5.41, 5.74) is 1.09. The fraction of sp³-hybridized carbons (Fsp3) is 0.588. The Bertz CT molecular complexity index is 467. The van der Waals surface area contributed by atoms with E-state index in [9.17, 15) is 4.79 Å². The van der Waals surface area contributed by atoms with Crippen molar-refractivity contribution >= 4 is 5.91 Å². The standard InChI is InChI=1S/C17H27N3O2/c1-4-19-9-11-20(12-10-19)14(2)17(21)18-13-15-5-7-16(22-3)8-6-15/h5-8,14H,4,9-13H2,1-3H3,(H,18,21)/p+2/t14-/m0/s1. The lowest BCUT2D eigenvalue weighted by molar-refractivity contribution is -1.02. The molecule has 1 aromatic rings. The van der Waals surface area contributed by atoms with Crippen LogP contribution in [0.5, 0.6) is 5.75 Å². The Hall–Kier alpha value is -1.59. The minimum Gasteiger partial charge on any atom is -0.497 e. The highest BCUT2D eigenvalue weighted by Crippen LogP contribution is 2.10. The third kappa shape index (κ3) is 4.45. The number of hydrogen-bond acceptors (Lipinski definition) is 2. The van der Waals surface area contributed by atoms with Crippen LogP contribution in [-0.2, 0) is 11.3 Å². The summed E-state index contributed by atoms with van der Waals surface area (Å²) in [5, 5.41) is 3.05. The van der Waals surface area contributed by atoms with Crippen molar-refractivity contribution in [1.82, 2.24) is 5.32 Å². The first-order valence-electron chi connectivity index (χ1n) is 8.22. The summed E-state index contributed by atoms with van der Waals surface area (Å²) in [4.78, 5) is 15.4. The van der Waals surface area contributed by atoms with Gasteiger partial charge in [0.2, 0.25) is 0 Å². The molecule has 1 fully saturated rings. The number of benzene rings is 1. The number of carbonyl (C=O) groups excluding carboxylic acids is 1. The Morgan fingerprint density at radius 1 is 1.23 bits per heavy atom. The molecule has 0 saturated carbocycles. The normalized spacial score (nSPS) is 22.9. The summed E-state index contributed by atoms with van der Waals surface area (Å²) < 4.78 is 5.14. The lowest BCUT2D eigenvalue weighted by Gasteiger charge is -2.32. The van der Waals surface area contributed by atoms with Crippen molar-refractivity contribution in [2.24, 2.45) is 0 Å². The number of carbonyl (C=O) groups is 1. The van der Waals surface area contributed by atoms with Gasteiger partial charge in [0.1, 0.15) is 31.9 Å². The molecule has 0 aromatic heterocycles. The fourth-order valence-electron chi connectivity index (χ4n) is 2.98. The molecule has 5 nitrogen and oxygen atoms in total. The third-order valence-corrected chi connectivity index (χ3v) is 4.73. The first kappa shape index (κ1) is 16.8. The summed E-state index contributed by atoms with van der Waals surface area (Å²) in [6.45, 7) is 10.5. The molecule has 2 rings (SSSR count). The van der Waals surface area contributed by atoms with Gasteiger partial charge in [0.25, 0.3) is 5.91 Å². The summed E-state index contributed by atoms with van der Waals surface area (Å²) in [6, 6.07) is 7.84. The molecule has 0 aliphatic carbocycles. The molecule has 3 N–H and O–H groups in total. The SMILES string of the molecule is CC[NH+]1CC[NH+]([C@@H](C)C(=O)NCc2ccc(OC)cc2)CC1. The second kappa shape index (κ2) is 8.15. The zero-order chi connectivity index (χ0) is 15.9. The van der Waals surface area contributed by atoms with Gasteiger partial charge in [-0.25, -0.2) is 0 Å². The highest BCUT2D eigenvalue weighted by atomic mass is 16.5. The van der Waals surface area contributed by atoms with Gasteiger partial charge in [-0.1, -0.05) is 12.1 Å². The van der Waals surface area contributed by atoms with E-state index in [-0.39, 0.29) is 11.9 Å². The van der Waals surface area contributed by atoms with E-state index in [0.29, 0.717) is 6.54 Å². The summed E-state index contributed by atoms with van der Waals surface area (Å²) in [5.74, 6) is 0.981. The number of ether oxygens (including phenoxy) is 1. The zero-order valence-corrected chi connectivity index (χ0v) is 13.9. The van der Waals surface area contributed by atoms with Gasteiger partial charge < -0.3 is 19.9 Å². The van der Waals surface area contributed by atoms with Gasteiger partial charge in [-0.3, -0.25) is 4.79 Å². The van der Waals surface area contributed by atoms with E-state index in [1.165, 1.54) is 24.5 Å². The maximum absolute atomic E-state index is 12.3. The molecule has 0 bridgehead atoms. The largest absolute Gasteiger partial charge is 0.497 e. The van der Waals surface area contributed by atoms with Crippen LogP contribution in [0, 0.1) is 0 Å². The van der Waals surface area contributed by atoms with Gasteiger partial charge in [-0.2, -0.15) is 0 Å². The van der Waals surface area contributed by atoms with Crippen LogP contribution >= 0.6 is 0 Å². The summed E-state index contributed by atoms with van der Waals surface area (Å²) in [7, 11) is 1.65. The Kier molecular flexibility index (Phi) is 6.21. The van der Waals surface area contributed by atoms with E-state index in [2.05, 4.69) is 12.2 Å². The number of rotatable bonds is 6. The van der Waals surface area contributed by atoms with Gasteiger partial charge >= 0.3 is 0 Å². The number of methoxy groups -OCH3 is 1. The van der Waals surface area contributed by atoms with Crippen molar-refractivity contribution < 1.29 is 19.3 Å². The number of quaternary nitrogens is 2. The summed E-state index contributed by atoms with van der Waals surface area (Å²) >= 11 is 0. The second-order valence-electron chi connectivity index (χ2n) is 6.05. The van der Waals surface area contributed by atoms with Crippen LogP contribution < -0.4 is 19.9 Å². The number of likely N-dealkylation sites (N-methyl/N-ethyl adjacent to an activating group) is 1. The smallest absolute Gasteiger partial charge is 0.278 e. The van der Waals surface area contributed by atoms with Crippen LogP contribution in [0.15, 0.2) is 24.3 Å². The molecule has 1 atom stereocenters. The van der Waals surface area contributed by atoms with Crippen LogP contribution in [0.2, 0.25) is 0 Å². The zero-order valence-electron chi connectivity index (χ0n) is 13.9. The molecular formula is C17H29N3O2+2. The third-order valence-electron chi connectivity index (χ3n) is 4.73. The van der Waals surface area contributed by atoms with Gasteiger partial charge in [-0.05, 0) is 31.5 Å². The van der Waals surface area contributed by atoms with E-state index in [1.807, 2.05) is 31.2 Å². The average molecular weight is 307 g/mol. The highest BCUT2D eigenvalue weighted by Gasteiger charge is 2.30. The minimum atomic E-state index is 0.0247. The lowest BCUT2D eigenvalue weighted by Crippen LogP contribution is -3.29. The predicted octanol–water partition coefficient (Wildman–Crippen LogP) is -1.50. The van der Waals surface area contributed by atoms with Crippen molar-refractivity contribution in [3.05, 3.63) is 29.8 Å². The molecule has 0 unspecified atom stereocenters. The molecule has 1 saturated heterocycles. The van der Waals surface area contributed by atoms with Crippen LogP contribution in [0.1, 0.15) is 19.4 Å². The van der Waals surface area contributed by atoms with Crippen LogP contribution in [0.3, 0.4) is 0 Å². The van der Waals surface area contributed by atoms with Crippen LogP contribution in [0.4, 0.5) is 0 Å². The Morgan fingerprint density at radius 2 is 1.86 bits per heavy atom.